The van der Waals surface area contributed by atoms with Crippen LogP contribution in [0.25, 0.3) is 0 Å². The number of hydrogen-bond donors (Lipinski definition) is 2. The molecule has 0 spiro atoms. The highest BCUT2D eigenvalue weighted by Gasteiger charge is 2.14. The Balaban J connectivity index is 2.90. The molecule has 1 aromatic heterocycles. The summed E-state index contributed by atoms with van der Waals surface area (Å²) in [4.78, 5) is 22.3. The number of nitrogens with zero attached hydrogens (tertiary/aromatic N) is 3. The number of amides is 1. The minimum atomic E-state index is 0.00682. The van der Waals surface area contributed by atoms with Gasteiger partial charge in [0, 0.05) is 31.4 Å². The van der Waals surface area contributed by atoms with Crippen LogP contribution in [0.1, 0.15) is 26.3 Å². The Morgan fingerprint density at radius 3 is 2.63 bits per heavy atom. The lowest BCUT2D eigenvalue weighted by Crippen LogP contribution is -2.38. The molecular formula is C13H23N5O. The maximum Gasteiger partial charge on any atom is 0.239 e. The predicted molar refractivity (Wildman–Crippen MR) is 77.5 cm³/mol. The molecule has 0 bridgehead atoms. The number of hydrogen-bond acceptors (Lipinski definition) is 5. The second-order valence-corrected chi connectivity index (χ2v) is 4.20. The molecule has 1 amide bonds. The van der Waals surface area contributed by atoms with E-state index in [0.29, 0.717) is 19.0 Å². The number of carbonyl (C=O) groups excluding carboxylic acids is 1. The zero-order valence-electron chi connectivity index (χ0n) is 12.2. The van der Waals surface area contributed by atoms with E-state index in [4.69, 9.17) is 0 Å². The van der Waals surface area contributed by atoms with Gasteiger partial charge in [0.25, 0.3) is 0 Å². The Hall–Kier alpha value is -1.85. The van der Waals surface area contributed by atoms with Gasteiger partial charge < -0.3 is 15.5 Å². The minimum Gasteiger partial charge on any atom is -0.355 e. The fraction of sp³-hybridized carbons (Fsp3) is 0.615. The third-order valence-corrected chi connectivity index (χ3v) is 2.67. The lowest BCUT2D eigenvalue weighted by atomic mass is 10.3. The second kappa shape index (κ2) is 7.56. The van der Waals surface area contributed by atoms with Crippen LogP contribution in [0.5, 0.6) is 0 Å². The van der Waals surface area contributed by atoms with Gasteiger partial charge in [-0.1, -0.05) is 0 Å². The van der Waals surface area contributed by atoms with Crippen LogP contribution in [-0.2, 0) is 4.79 Å². The lowest BCUT2D eigenvalue weighted by Gasteiger charge is -2.23. The Labute approximate surface area is 114 Å². The average Bonchev–Trinajstić information content (AvgIpc) is 2.39. The Bertz CT molecular complexity index is 421. The number of anilines is 2. The van der Waals surface area contributed by atoms with Crippen LogP contribution < -0.4 is 15.5 Å². The van der Waals surface area contributed by atoms with Crippen molar-refractivity contribution in [2.45, 2.75) is 27.7 Å². The molecule has 0 aliphatic heterocycles. The maximum atomic E-state index is 11.7. The van der Waals surface area contributed by atoms with Crippen molar-refractivity contribution in [1.82, 2.24) is 15.3 Å². The molecule has 1 aromatic rings. The SMILES string of the molecule is CCNC(=O)CN(CC)c1nc(NCC)ncc1C. The monoisotopic (exact) mass is 265 g/mol. The number of aryl methyl sites for hydroxylation is 1. The number of aromatic nitrogens is 2. The summed E-state index contributed by atoms with van der Waals surface area (Å²) in [7, 11) is 0. The number of carbonyl (C=O) groups is 1. The van der Waals surface area contributed by atoms with Gasteiger partial charge in [0.2, 0.25) is 11.9 Å². The number of likely N-dealkylation sites (N-methyl/N-ethyl adjacent to an activating group) is 2. The average molecular weight is 265 g/mol. The molecule has 106 valence electrons. The lowest BCUT2D eigenvalue weighted by molar-refractivity contribution is -0.119. The summed E-state index contributed by atoms with van der Waals surface area (Å²) in [6, 6.07) is 0. The van der Waals surface area contributed by atoms with E-state index in [0.717, 1.165) is 24.5 Å². The highest BCUT2D eigenvalue weighted by atomic mass is 16.2. The van der Waals surface area contributed by atoms with Crippen LogP contribution in [0.4, 0.5) is 11.8 Å². The van der Waals surface area contributed by atoms with E-state index >= 15 is 0 Å². The van der Waals surface area contributed by atoms with Gasteiger partial charge in [0.05, 0.1) is 6.54 Å². The summed E-state index contributed by atoms with van der Waals surface area (Å²) in [5.74, 6) is 1.41. The van der Waals surface area contributed by atoms with E-state index in [1.54, 1.807) is 6.20 Å². The van der Waals surface area contributed by atoms with Crippen LogP contribution in [0.2, 0.25) is 0 Å². The molecule has 0 unspecified atom stereocenters. The molecule has 6 nitrogen and oxygen atoms in total. The number of nitrogens with one attached hydrogen (secondary N) is 2. The molecule has 0 atom stereocenters. The minimum absolute atomic E-state index is 0.00682. The van der Waals surface area contributed by atoms with Gasteiger partial charge in [0.1, 0.15) is 5.82 Å². The standard InChI is InChI=1S/C13H23N5O/c1-5-14-11(19)9-18(7-3)12-10(4)8-16-13(17-12)15-6-2/h8H,5-7,9H2,1-4H3,(H,14,19)(H,15,16,17). The third kappa shape index (κ3) is 4.39. The van der Waals surface area contributed by atoms with Crippen LogP contribution in [0.3, 0.4) is 0 Å². The molecule has 0 aliphatic rings. The molecule has 19 heavy (non-hydrogen) atoms. The van der Waals surface area contributed by atoms with Gasteiger partial charge in [0.15, 0.2) is 0 Å². The van der Waals surface area contributed by atoms with Gasteiger partial charge in [-0.3, -0.25) is 4.79 Å². The van der Waals surface area contributed by atoms with E-state index in [1.807, 2.05) is 32.6 Å². The molecule has 0 saturated carbocycles. The van der Waals surface area contributed by atoms with Crippen molar-refractivity contribution in [3.63, 3.8) is 0 Å². The Morgan fingerprint density at radius 2 is 2.05 bits per heavy atom. The van der Waals surface area contributed by atoms with E-state index in [-0.39, 0.29) is 5.91 Å². The van der Waals surface area contributed by atoms with Crippen molar-refractivity contribution in [3.8, 4) is 0 Å². The first-order valence-corrected chi connectivity index (χ1v) is 6.71. The van der Waals surface area contributed by atoms with Crippen molar-refractivity contribution in [2.75, 3.05) is 36.4 Å². The van der Waals surface area contributed by atoms with Gasteiger partial charge >= 0.3 is 0 Å². The van der Waals surface area contributed by atoms with E-state index < -0.39 is 0 Å². The van der Waals surface area contributed by atoms with Crippen LogP contribution >= 0.6 is 0 Å². The molecule has 0 saturated heterocycles. The fourth-order valence-corrected chi connectivity index (χ4v) is 1.76. The van der Waals surface area contributed by atoms with Crippen molar-refractivity contribution in [1.29, 1.82) is 0 Å². The Morgan fingerprint density at radius 1 is 1.32 bits per heavy atom. The summed E-state index contributed by atoms with van der Waals surface area (Å²) in [6.07, 6.45) is 1.78. The quantitative estimate of drug-likeness (QED) is 0.774. The molecular weight excluding hydrogens is 242 g/mol. The van der Waals surface area contributed by atoms with Crippen LogP contribution in [0, 0.1) is 6.92 Å². The van der Waals surface area contributed by atoms with Crippen molar-refractivity contribution < 1.29 is 4.79 Å². The van der Waals surface area contributed by atoms with E-state index in [2.05, 4.69) is 20.6 Å². The summed E-state index contributed by atoms with van der Waals surface area (Å²) in [5, 5.41) is 5.88. The number of rotatable bonds is 7. The maximum absolute atomic E-state index is 11.7. The molecule has 2 N–H and O–H groups in total. The normalized spacial score (nSPS) is 10.1. The molecule has 0 radical (unpaired) electrons. The van der Waals surface area contributed by atoms with Crippen molar-refractivity contribution in [2.24, 2.45) is 0 Å². The summed E-state index contributed by atoms with van der Waals surface area (Å²) in [6.45, 7) is 10.3. The predicted octanol–water partition coefficient (Wildman–Crippen LogP) is 1.18. The molecule has 1 heterocycles. The molecule has 0 aliphatic carbocycles. The topological polar surface area (TPSA) is 70.2 Å². The van der Waals surface area contributed by atoms with Gasteiger partial charge in [-0.2, -0.15) is 4.98 Å². The molecule has 6 heteroatoms. The van der Waals surface area contributed by atoms with E-state index in [9.17, 15) is 4.79 Å². The zero-order valence-corrected chi connectivity index (χ0v) is 12.2. The molecule has 1 rings (SSSR count). The smallest absolute Gasteiger partial charge is 0.239 e. The third-order valence-electron chi connectivity index (χ3n) is 2.67. The summed E-state index contributed by atoms with van der Waals surface area (Å²) in [5.41, 5.74) is 0.966. The molecule has 0 fully saturated rings. The first-order valence-electron chi connectivity index (χ1n) is 6.71. The summed E-state index contributed by atoms with van der Waals surface area (Å²) < 4.78 is 0. The largest absolute Gasteiger partial charge is 0.355 e. The first-order chi connectivity index (χ1) is 9.12. The second-order valence-electron chi connectivity index (χ2n) is 4.20. The van der Waals surface area contributed by atoms with Gasteiger partial charge in [-0.05, 0) is 27.7 Å². The van der Waals surface area contributed by atoms with Crippen molar-refractivity contribution >= 4 is 17.7 Å². The highest BCUT2D eigenvalue weighted by molar-refractivity contribution is 5.81. The van der Waals surface area contributed by atoms with E-state index in [1.165, 1.54) is 0 Å². The van der Waals surface area contributed by atoms with Gasteiger partial charge in [-0.25, -0.2) is 4.98 Å². The van der Waals surface area contributed by atoms with Crippen LogP contribution in [0.15, 0.2) is 6.20 Å². The summed E-state index contributed by atoms with van der Waals surface area (Å²) >= 11 is 0. The van der Waals surface area contributed by atoms with Crippen LogP contribution in [-0.4, -0.2) is 42.1 Å². The van der Waals surface area contributed by atoms with Gasteiger partial charge in [-0.15, -0.1) is 0 Å². The zero-order chi connectivity index (χ0) is 14.3. The fourth-order valence-electron chi connectivity index (χ4n) is 1.76. The highest BCUT2D eigenvalue weighted by Crippen LogP contribution is 2.17. The molecule has 0 aromatic carbocycles. The first kappa shape index (κ1) is 15.2. The Kier molecular flexibility index (Phi) is 6.05. The van der Waals surface area contributed by atoms with Crippen molar-refractivity contribution in [3.05, 3.63) is 11.8 Å².